The number of piperazine rings is 2. The summed E-state index contributed by atoms with van der Waals surface area (Å²) in [7, 11) is 0. The number of carbonyl (C=O) groups excluding carboxylic acids is 2. The quantitative estimate of drug-likeness (QED) is 0.752. The van der Waals surface area contributed by atoms with E-state index in [1.165, 1.54) is 0 Å². The Hall–Kier alpha value is -2.45. The third kappa shape index (κ3) is 4.43. The van der Waals surface area contributed by atoms with E-state index in [9.17, 15) is 9.59 Å². The zero-order chi connectivity index (χ0) is 20.4. The topological polar surface area (TPSA) is 64.4 Å². The van der Waals surface area contributed by atoms with Gasteiger partial charge < -0.3 is 14.2 Å². The Morgan fingerprint density at radius 3 is 2.34 bits per heavy atom. The van der Waals surface area contributed by atoms with E-state index in [2.05, 4.69) is 25.4 Å². The lowest BCUT2D eigenvalue weighted by Gasteiger charge is -2.40. The number of fused-ring (bicyclic) bond motifs is 1. The molecular formula is C21H30N6O2. The molecule has 0 saturated carbocycles. The van der Waals surface area contributed by atoms with Gasteiger partial charge in [0, 0.05) is 78.2 Å². The summed E-state index contributed by atoms with van der Waals surface area (Å²) in [5.41, 5.74) is 2.06. The van der Waals surface area contributed by atoms with Gasteiger partial charge in [0.05, 0.1) is 11.7 Å². The maximum atomic E-state index is 12.9. The van der Waals surface area contributed by atoms with Gasteiger partial charge in [-0.3, -0.25) is 19.4 Å². The van der Waals surface area contributed by atoms with E-state index in [4.69, 9.17) is 0 Å². The van der Waals surface area contributed by atoms with E-state index in [1.807, 2.05) is 41.1 Å². The van der Waals surface area contributed by atoms with Crippen molar-refractivity contribution >= 4 is 17.5 Å². The molecule has 0 aliphatic carbocycles. The summed E-state index contributed by atoms with van der Waals surface area (Å²) in [6.07, 6.45) is 4.11. The van der Waals surface area contributed by atoms with Crippen LogP contribution in [0.25, 0.3) is 5.65 Å². The van der Waals surface area contributed by atoms with Gasteiger partial charge >= 0.3 is 0 Å². The van der Waals surface area contributed by atoms with Crippen LogP contribution in [-0.2, 0) is 16.1 Å². The SMILES string of the molecule is CC(=O)N1CCN(C(=O)C(C)N2CCN(Cc3cn4ccccc4n3)CC2)CC1. The molecule has 8 heteroatoms. The molecule has 2 amide bonds. The van der Waals surface area contributed by atoms with E-state index in [-0.39, 0.29) is 17.9 Å². The lowest BCUT2D eigenvalue weighted by atomic mass is 10.1. The van der Waals surface area contributed by atoms with Crippen molar-refractivity contribution in [2.24, 2.45) is 0 Å². The van der Waals surface area contributed by atoms with Crippen LogP contribution in [0.2, 0.25) is 0 Å². The number of aromatic nitrogens is 2. The first-order chi connectivity index (χ1) is 14.0. The summed E-state index contributed by atoms with van der Waals surface area (Å²) in [5.74, 6) is 0.272. The number of hydrogen-bond acceptors (Lipinski definition) is 5. The van der Waals surface area contributed by atoms with Crippen LogP contribution in [0.15, 0.2) is 30.6 Å². The summed E-state index contributed by atoms with van der Waals surface area (Å²) < 4.78 is 2.05. The molecule has 8 nitrogen and oxygen atoms in total. The van der Waals surface area contributed by atoms with Crippen molar-refractivity contribution in [3.8, 4) is 0 Å². The van der Waals surface area contributed by atoms with Crippen molar-refractivity contribution in [3.63, 3.8) is 0 Å². The van der Waals surface area contributed by atoms with E-state index in [0.29, 0.717) is 26.2 Å². The zero-order valence-corrected chi connectivity index (χ0v) is 17.3. The van der Waals surface area contributed by atoms with Gasteiger partial charge in [-0.15, -0.1) is 0 Å². The molecule has 4 heterocycles. The molecule has 156 valence electrons. The maximum absolute atomic E-state index is 12.9. The lowest BCUT2D eigenvalue weighted by molar-refractivity contribution is -0.142. The number of pyridine rings is 1. The molecule has 0 radical (unpaired) electrons. The molecule has 2 fully saturated rings. The molecule has 2 aliphatic heterocycles. The first kappa shape index (κ1) is 19.8. The Kier molecular flexibility index (Phi) is 5.82. The van der Waals surface area contributed by atoms with Crippen LogP contribution in [-0.4, -0.2) is 99.2 Å². The lowest BCUT2D eigenvalue weighted by Crippen LogP contribution is -2.57. The van der Waals surface area contributed by atoms with E-state index in [1.54, 1.807) is 6.92 Å². The third-order valence-electron chi connectivity index (χ3n) is 6.15. The highest BCUT2D eigenvalue weighted by molar-refractivity contribution is 5.82. The predicted octanol–water partition coefficient (Wildman–Crippen LogP) is 0.531. The number of amides is 2. The number of rotatable bonds is 4. The van der Waals surface area contributed by atoms with Crippen LogP contribution in [0.1, 0.15) is 19.5 Å². The number of hydrogen-bond donors (Lipinski definition) is 0. The van der Waals surface area contributed by atoms with Crippen LogP contribution in [0, 0.1) is 0 Å². The maximum Gasteiger partial charge on any atom is 0.239 e. The molecule has 1 atom stereocenters. The van der Waals surface area contributed by atoms with Crippen molar-refractivity contribution in [2.45, 2.75) is 26.4 Å². The van der Waals surface area contributed by atoms with Gasteiger partial charge in [0.1, 0.15) is 5.65 Å². The van der Waals surface area contributed by atoms with Gasteiger partial charge in [0.2, 0.25) is 11.8 Å². The third-order valence-corrected chi connectivity index (χ3v) is 6.15. The highest BCUT2D eigenvalue weighted by atomic mass is 16.2. The van der Waals surface area contributed by atoms with Gasteiger partial charge in [-0.05, 0) is 19.1 Å². The van der Waals surface area contributed by atoms with Gasteiger partial charge in [0.15, 0.2) is 0 Å². The fraction of sp³-hybridized carbons (Fsp3) is 0.571. The largest absolute Gasteiger partial charge is 0.339 e. The Morgan fingerprint density at radius 1 is 1.00 bits per heavy atom. The molecule has 2 saturated heterocycles. The second kappa shape index (κ2) is 8.51. The van der Waals surface area contributed by atoms with Crippen LogP contribution >= 0.6 is 0 Å². The minimum Gasteiger partial charge on any atom is -0.339 e. The summed E-state index contributed by atoms with van der Waals surface area (Å²) in [6, 6.07) is 5.92. The Balaban J connectivity index is 1.26. The Morgan fingerprint density at radius 2 is 1.69 bits per heavy atom. The predicted molar refractivity (Wildman–Crippen MR) is 110 cm³/mol. The average Bonchev–Trinajstić information content (AvgIpc) is 3.15. The first-order valence-corrected chi connectivity index (χ1v) is 10.4. The standard InChI is InChI=1S/C21H30N6O2/c1-17(21(29)26-13-11-25(12-14-26)18(2)28)24-9-7-23(8-10-24)15-19-16-27-6-4-3-5-20(27)22-19/h3-6,16-17H,7-15H2,1-2H3. The minimum atomic E-state index is -0.115. The van der Waals surface area contributed by atoms with Crippen molar-refractivity contribution in [1.82, 2.24) is 29.0 Å². The fourth-order valence-electron chi connectivity index (χ4n) is 4.26. The second-order valence-electron chi connectivity index (χ2n) is 8.02. The Bertz CT molecular complexity index is 832. The highest BCUT2D eigenvalue weighted by Crippen LogP contribution is 2.14. The average molecular weight is 399 g/mol. The molecule has 29 heavy (non-hydrogen) atoms. The Labute approximate surface area is 171 Å². The summed E-state index contributed by atoms with van der Waals surface area (Å²) >= 11 is 0. The minimum absolute atomic E-state index is 0.0897. The molecule has 2 aliphatic rings. The molecule has 2 aromatic rings. The van der Waals surface area contributed by atoms with Gasteiger partial charge in [0.25, 0.3) is 0 Å². The van der Waals surface area contributed by atoms with Crippen molar-refractivity contribution in [3.05, 3.63) is 36.3 Å². The summed E-state index contributed by atoms with van der Waals surface area (Å²) in [5, 5.41) is 0. The van der Waals surface area contributed by atoms with E-state index in [0.717, 1.165) is 44.1 Å². The van der Waals surface area contributed by atoms with Crippen LogP contribution < -0.4 is 0 Å². The van der Waals surface area contributed by atoms with Crippen LogP contribution in [0.3, 0.4) is 0 Å². The molecule has 0 spiro atoms. The van der Waals surface area contributed by atoms with Gasteiger partial charge in [-0.1, -0.05) is 6.07 Å². The molecular weight excluding hydrogens is 368 g/mol. The first-order valence-electron chi connectivity index (χ1n) is 10.4. The summed E-state index contributed by atoms with van der Waals surface area (Å²) in [6.45, 7) is 10.6. The van der Waals surface area contributed by atoms with Crippen LogP contribution in [0.4, 0.5) is 0 Å². The van der Waals surface area contributed by atoms with Crippen molar-refractivity contribution in [1.29, 1.82) is 0 Å². The summed E-state index contributed by atoms with van der Waals surface area (Å²) in [4.78, 5) is 37.5. The molecule has 0 N–H and O–H groups in total. The number of nitrogens with zero attached hydrogens (tertiary/aromatic N) is 6. The van der Waals surface area contributed by atoms with E-state index < -0.39 is 0 Å². The van der Waals surface area contributed by atoms with Crippen molar-refractivity contribution in [2.75, 3.05) is 52.4 Å². The van der Waals surface area contributed by atoms with E-state index >= 15 is 0 Å². The molecule has 2 aromatic heterocycles. The smallest absolute Gasteiger partial charge is 0.239 e. The van der Waals surface area contributed by atoms with Crippen LogP contribution in [0.5, 0.6) is 0 Å². The molecule has 0 aromatic carbocycles. The molecule has 4 rings (SSSR count). The fourth-order valence-corrected chi connectivity index (χ4v) is 4.26. The normalized spacial score (nSPS) is 20.2. The van der Waals surface area contributed by atoms with Crippen molar-refractivity contribution < 1.29 is 9.59 Å². The molecule has 1 unspecified atom stereocenters. The van der Waals surface area contributed by atoms with Gasteiger partial charge in [-0.2, -0.15) is 0 Å². The second-order valence-corrected chi connectivity index (χ2v) is 8.02. The number of carbonyl (C=O) groups is 2. The molecule has 0 bridgehead atoms. The highest BCUT2D eigenvalue weighted by Gasteiger charge is 2.31. The van der Waals surface area contributed by atoms with Gasteiger partial charge in [-0.25, -0.2) is 4.98 Å². The monoisotopic (exact) mass is 398 g/mol. The zero-order valence-electron chi connectivity index (χ0n) is 17.3. The number of imidazole rings is 1.